The SMILES string of the molecule is CCOc1ccccc1N(CC(=O)N(Cc1c(Cl)cccc1Cl)[C@H](C)C(=O)NC(C)C)S(=O)(=O)c1ccccc1. The van der Waals surface area contributed by atoms with Crippen LogP contribution in [0.2, 0.25) is 10.0 Å². The molecule has 0 heterocycles. The van der Waals surface area contributed by atoms with Gasteiger partial charge in [-0.05, 0) is 64.1 Å². The zero-order chi connectivity index (χ0) is 29.4. The van der Waals surface area contributed by atoms with E-state index >= 15 is 0 Å². The second-order valence-electron chi connectivity index (χ2n) is 9.29. The molecule has 0 spiro atoms. The van der Waals surface area contributed by atoms with E-state index in [1.54, 1.807) is 88.4 Å². The Hall–Kier alpha value is -3.27. The summed E-state index contributed by atoms with van der Waals surface area (Å²) in [6.45, 7) is 6.53. The summed E-state index contributed by atoms with van der Waals surface area (Å²) in [4.78, 5) is 28.4. The van der Waals surface area contributed by atoms with Crippen molar-refractivity contribution in [2.45, 2.75) is 51.2 Å². The molecule has 40 heavy (non-hydrogen) atoms. The molecule has 0 saturated carbocycles. The largest absolute Gasteiger partial charge is 0.492 e. The Morgan fingerprint density at radius 2 is 1.50 bits per heavy atom. The maximum Gasteiger partial charge on any atom is 0.264 e. The van der Waals surface area contributed by atoms with Crippen LogP contribution in [-0.2, 0) is 26.2 Å². The Balaban J connectivity index is 2.11. The summed E-state index contributed by atoms with van der Waals surface area (Å²) in [7, 11) is -4.22. The number of hydrogen-bond donors (Lipinski definition) is 1. The van der Waals surface area contributed by atoms with E-state index in [0.717, 1.165) is 4.31 Å². The normalized spacial score (nSPS) is 12.1. The summed E-state index contributed by atoms with van der Waals surface area (Å²) in [5, 5.41) is 3.44. The average Bonchev–Trinajstić information content (AvgIpc) is 2.92. The fraction of sp³-hybridized carbons (Fsp3) is 0.310. The molecule has 3 rings (SSSR count). The summed E-state index contributed by atoms with van der Waals surface area (Å²) in [5.41, 5.74) is 0.632. The van der Waals surface area contributed by atoms with E-state index in [9.17, 15) is 18.0 Å². The molecule has 11 heteroatoms. The number of rotatable bonds is 12. The molecule has 0 aliphatic rings. The fourth-order valence-electron chi connectivity index (χ4n) is 4.02. The summed E-state index contributed by atoms with van der Waals surface area (Å²) in [6.07, 6.45) is 0. The van der Waals surface area contributed by atoms with Crippen LogP contribution in [0.25, 0.3) is 0 Å². The average molecular weight is 607 g/mol. The van der Waals surface area contributed by atoms with E-state index in [2.05, 4.69) is 5.32 Å². The summed E-state index contributed by atoms with van der Waals surface area (Å²) < 4.78 is 34.6. The fourth-order valence-corrected chi connectivity index (χ4v) is 5.98. The quantitative estimate of drug-likeness (QED) is 0.293. The van der Waals surface area contributed by atoms with Gasteiger partial charge in [-0.2, -0.15) is 0 Å². The van der Waals surface area contributed by atoms with Gasteiger partial charge in [0.25, 0.3) is 10.0 Å². The molecule has 0 unspecified atom stereocenters. The number of sulfonamides is 1. The number of halogens is 2. The van der Waals surface area contributed by atoms with Crippen molar-refractivity contribution in [2.24, 2.45) is 0 Å². The first kappa shape index (κ1) is 31.3. The third kappa shape index (κ3) is 7.47. The van der Waals surface area contributed by atoms with Crippen molar-refractivity contribution in [1.82, 2.24) is 10.2 Å². The van der Waals surface area contributed by atoms with Crippen molar-refractivity contribution in [3.8, 4) is 5.75 Å². The van der Waals surface area contributed by atoms with Gasteiger partial charge in [-0.25, -0.2) is 8.42 Å². The zero-order valence-corrected chi connectivity index (χ0v) is 25.1. The molecule has 2 amide bonds. The maximum atomic E-state index is 14.0. The highest BCUT2D eigenvalue weighted by Crippen LogP contribution is 2.33. The van der Waals surface area contributed by atoms with Gasteiger partial charge in [0.1, 0.15) is 18.3 Å². The number of para-hydroxylation sites is 2. The van der Waals surface area contributed by atoms with Crippen LogP contribution < -0.4 is 14.4 Å². The van der Waals surface area contributed by atoms with Gasteiger partial charge in [0.15, 0.2) is 0 Å². The van der Waals surface area contributed by atoms with Crippen LogP contribution >= 0.6 is 23.2 Å². The predicted octanol–water partition coefficient (Wildman–Crippen LogP) is 5.53. The predicted molar refractivity (Wildman–Crippen MR) is 158 cm³/mol. The molecule has 1 atom stereocenters. The monoisotopic (exact) mass is 605 g/mol. The van der Waals surface area contributed by atoms with Gasteiger partial charge < -0.3 is 15.0 Å². The molecule has 3 aromatic carbocycles. The molecule has 0 aliphatic carbocycles. The number of carbonyl (C=O) groups is 2. The van der Waals surface area contributed by atoms with Crippen molar-refractivity contribution < 1.29 is 22.7 Å². The van der Waals surface area contributed by atoms with E-state index in [1.807, 2.05) is 0 Å². The number of carbonyl (C=O) groups excluding carboxylic acids is 2. The molecule has 8 nitrogen and oxygen atoms in total. The van der Waals surface area contributed by atoms with Crippen molar-refractivity contribution in [3.63, 3.8) is 0 Å². The minimum atomic E-state index is -4.22. The third-order valence-corrected chi connectivity index (χ3v) is 8.51. The molecule has 0 bridgehead atoms. The standard InChI is InChI=1S/C29H33Cl2N3O5S/c1-5-39-27-17-10-9-16-26(27)34(40(37,38)22-12-7-6-8-13-22)19-28(35)33(21(4)29(36)32-20(2)3)18-23-24(30)14-11-15-25(23)31/h6-17,20-21H,5,18-19H2,1-4H3,(H,32,36)/t21-/m1/s1. The smallest absolute Gasteiger partial charge is 0.264 e. The molecule has 1 N–H and O–H groups in total. The lowest BCUT2D eigenvalue weighted by molar-refractivity contribution is -0.139. The maximum absolute atomic E-state index is 14.0. The lowest BCUT2D eigenvalue weighted by atomic mass is 10.1. The second-order valence-corrected chi connectivity index (χ2v) is 12.0. The van der Waals surface area contributed by atoms with Crippen molar-refractivity contribution in [1.29, 1.82) is 0 Å². The number of nitrogens with one attached hydrogen (secondary N) is 1. The highest BCUT2D eigenvalue weighted by Gasteiger charge is 2.34. The first-order chi connectivity index (χ1) is 19.0. The minimum Gasteiger partial charge on any atom is -0.492 e. The Bertz CT molecular complexity index is 1410. The van der Waals surface area contributed by atoms with Gasteiger partial charge >= 0.3 is 0 Å². The van der Waals surface area contributed by atoms with Gasteiger partial charge in [0, 0.05) is 28.2 Å². The van der Waals surface area contributed by atoms with Gasteiger partial charge in [-0.1, -0.05) is 59.6 Å². The first-order valence-corrected chi connectivity index (χ1v) is 15.0. The van der Waals surface area contributed by atoms with Crippen LogP contribution in [0.3, 0.4) is 0 Å². The number of amides is 2. The Morgan fingerprint density at radius 1 is 0.900 bits per heavy atom. The summed E-state index contributed by atoms with van der Waals surface area (Å²) >= 11 is 12.8. The summed E-state index contributed by atoms with van der Waals surface area (Å²) in [6, 6.07) is 18.2. The highest BCUT2D eigenvalue weighted by atomic mass is 35.5. The van der Waals surface area contributed by atoms with Crippen molar-refractivity contribution in [2.75, 3.05) is 17.5 Å². The molecule has 0 aliphatic heterocycles. The molecule has 3 aromatic rings. The molecule has 0 fully saturated rings. The van der Waals surface area contributed by atoms with Crippen LogP contribution in [-0.4, -0.2) is 50.4 Å². The molecule has 0 aromatic heterocycles. The van der Waals surface area contributed by atoms with Gasteiger partial charge in [0.05, 0.1) is 17.2 Å². The number of benzene rings is 3. The number of hydrogen-bond acceptors (Lipinski definition) is 5. The lowest BCUT2D eigenvalue weighted by Gasteiger charge is -2.33. The molecule has 0 saturated heterocycles. The van der Waals surface area contributed by atoms with Crippen LogP contribution in [0.15, 0.2) is 77.7 Å². The van der Waals surface area contributed by atoms with Gasteiger partial charge in [-0.3, -0.25) is 13.9 Å². The number of nitrogens with zero attached hydrogens (tertiary/aromatic N) is 2. The topological polar surface area (TPSA) is 96.0 Å². The van der Waals surface area contributed by atoms with E-state index in [0.29, 0.717) is 21.4 Å². The van der Waals surface area contributed by atoms with Gasteiger partial charge in [0.2, 0.25) is 11.8 Å². The Morgan fingerprint density at radius 3 is 2.10 bits per heavy atom. The van der Waals surface area contributed by atoms with Crippen molar-refractivity contribution >= 4 is 50.7 Å². The van der Waals surface area contributed by atoms with Crippen LogP contribution in [0.4, 0.5) is 5.69 Å². The zero-order valence-electron chi connectivity index (χ0n) is 22.8. The molecular weight excluding hydrogens is 573 g/mol. The number of anilines is 1. The highest BCUT2D eigenvalue weighted by molar-refractivity contribution is 7.92. The van der Waals surface area contributed by atoms with Crippen LogP contribution in [0.5, 0.6) is 5.75 Å². The Kier molecular flexibility index (Phi) is 10.8. The molecule has 214 valence electrons. The molecule has 0 radical (unpaired) electrons. The van der Waals surface area contributed by atoms with Gasteiger partial charge in [-0.15, -0.1) is 0 Å². The third-order valence-electron chi connectivity index (χ3n) is 6.03. The van der Waals surface area contributed by atoms with E-state index in [4.69, 9.17) is 27.9 Å². The van der Waals surface area contributed by atoms with Crippen LogP contribution in [0, 0.1) is 0 Å². The second kappa shape index (κ2) is 13.9. The van der Waals surface area contributed by atoms with E-state index < -0.39 is 34.4 Å². The Labute approximate surface area is 245 Å². The summed E-state index contributed by atoms with van der Waals surface area (Å²) in [5.74, 6) is -0.740. The number of ether oxygens (including phenoxy) is 1. The van der Waals surface area contributed by atoms with Crippen LogP contribution in [0.1, 0.15) is 33.3 Å². The lowest BCUT2D eigenvalue weighted by Crippen LogP contribution is -2.52. The van der Waals surface area contributed by atoms with Crippen molar-refractivity contribution in [3.05, 3.63) is 88.4 Å². The molecular formula is C29H33Cl2N3O5S. The van der Waals surface area contributed by atoms with E-state index in [-0.39, 0.29) is 29.8 Å². The first-order valence-electron chi connectivity index (χ1n) is 12.8. The van der Waals surface area contributed by atoms with E-state index in [1.165, 1.54) is 17.0 Å². The minimum absolute atomic E-state index is 0.000370.